The first-order valence-corrected chi connectivity index (χ1v) is 6.08. The Hall–Kier alpha value is -1.84. The van der Waals surface area contributed by atoms with E-state index in [-0.39, 0.29) is 24.3 Å². The van der Waals surface area contributed by atoms with Crippen LogP contribution in [-0.2, 0) is 9.59 Å². The largest absolute Gasteiger partial charge is 0.481 e. The second kappa shape index (κ2) is 6.79. The fourth-order valence-corrected chi connectivity index (χ4v) is 1.67. The van der Waals surface area contributed by atoms with Crippen LogP contribution in [0.5, 0.6) is 0 Å². The zero-order valence-corrected chi connectivity index (χ0v) is 10.7. The molecule has 1 aromatic rings. The molecule has 0 spiro atoms. The maximum absolute atomic E-state index is 11.9. The van der Waals surface area contributed by atoms with E-state index in [1.165, 1.54) is 0 Å². The van der Waals surface area contributed by atoms with Crippen LogP contribution in [0.4, 0.5) is 0 Å². The van der Waals surface area contributed by atoms with Crippen molar-refractivity contribution in [3.8, 4) is 0 Å². The average Bonchev–Trinajstić information content (AvgIpc) is 2.36. The monoisotopic (exact) mass is 249 g/mol. The van der Waals surface area contributed by atoms with E-state index in [0.717, 1.165) is 5.56 Å². The number of rotatable bonds is 6. The highest BCUT2D eigenvalue weighted by Crippen LogP contribution is 2.14. The first kappa shape index (κ1) is 14.2. The van der Waals surface area contributed by atoms with Crippen molar-refractivity contribution in [2.45, 2.75) is 38.6 Å². The van der Waals surface area contributed by atoms with Gasteiger partial charge in [-0.1, -0.05) is 30.3 Å². The van der Waals surface area contributed by atoms with E-state index in [4.69, 9.17) is 5.11 Å². The molecule has 1 rings (SSSR count). The molecule has 0 aliphatic carbocycles. The molecule has 4 nitrogen and oxygen atoms in total. The molecule has 2 atom stereocenters. The maximum Gasteiger partial charge on any atom is 0.303 e. The van der Waals surface area contributed by atoms with Crippen molar-refractivity contribution in [2.24, 2.45) is 0 Å². The van der Waals surface area contributed by atoms with E-state index < -0.39 is 5.97 Å². The molecule has 0 aromatic heterocycles. The molecule has 0 aliphatic rings. The number of nitrogens with one attached hydrogen (secondary N) is 1. The maximum atomic E-state index is 11.9. The van der Waals surface area contributed by atoms with Gasteiger partial charge in [0.25, 0.3) is 0 Å². The summed E-state index contributed by atoms with van der Waals surface area (Å²) in [6.45, 7) is 3.66. The lowest BCUT2D eigenvalue weighted by Gasteiger charge is -2.17. The van der Waals surface area contributed by atoms with Gasteiger partial charge in [0, 0.05) is 12.5 Å². The van der Waals surface area contributed by atoms with Gasteiger partial charge < -0.3 is 10.4 Å². The quantitative estimate of drug-likeness (QED) is 0.812. The SMILES string of the molecule is CC(CCC(=O)O)NC(=O)C(C)c1ccccc1. The highest BCUT2D eigenvalue weighted by molar-refractivity contribution is 5.83. The molecule has 0 saturated heterocycles. The lowest BCUT2D eigenvalue weighted by molar-refractivity contribution is -0.137. The number of carbonyl (C=O) groups is 2. The summed E-state index contributed by atoms with van der Waals surface area (Å²) in [6.07, 6.45) is 0.518. The van der Waals surface area contributed by atoms with E-state index >= 15 is 0 Å². The first-order valence-electron chi connectivity index (χ1n) is 6.08. The minimum Gasteiger partial charge on any atom is -0.481 e. The lowest BCUT2D eigenvalue weighted by atomic mass is 10.00. The molecule has 0 fully saturated rings. The Morgan fingerprint density at radius 3 is 2.39 bits per heavy atom. The first-order chi connectivity index (χ1) is 8.50. The van der Waals surface area contributed by atoms with Gasteiger partial charge in [-0.2, -0.15) is 0 Å². The van der Waals surface area contributed by atoms with E-state index in [0.29, 0.717) is 6.42 Å². The standard InChI is InChI=1S/C14H19NO3/c1-10(8-9-13(16)17)15-14(18)11(2)12-6-4-3-5-7-12/h3-7,10-11H,8-9H2,1-2H3,(H,15,18)(H,16,17). The molecule has 0 bridgehead atoms. The van der Waals surface area contributed by atoms with E-state index in [2.05, 4.69) is 5.32 Å². The molecule has 0 radical (unpaired) electrons. The Bertz CT molecular complexity index is 403. The summed E-state index contributed by atoms with van der Waals surface area (Å²) < 4.78 is 0. The number of carbonyl (C=O) groups excluding carboxylic acids is 1. The van der Waals surface area contributed by atoms with Crippen LogP contribution in [-0.4, -0.2) is 23.0 Å². The molecule has 1 aromatic carbocycles. The number of carboxylic acid groups (broad SMARTS) is 1. The van der Waals surface area contributed by atoms with Crippen LogP contribution in [0.3, 0.4) is 0 Å². The summed E-state index contributed by atoms with van der Waals surface area (Å²) in [6, 6.07) is 9.39. The third-order valence-corrected chi connectivity index (χ3v) is 2.87. The van der Waals surface area contributed by atoms with Gasteiger partial charge in [0.2, 0.25) is 5.91 Å². The molecule has 2 unspecified atom stereocenters. The summed E-state index contributed by atoms with van der Waals surface area (Å²) >= 11 is 0. The van der Waals surface area contributed by atoms with Gasteiger partial charge in [0.1, 0.15) is 0 Å². The van der Waals surface area contributed by atoms with Crippen LogP contribution in [0.15, 0.2) is 30.3 Å². The highest BCUT2D eigenvalue weighted by atomic mass is 16.4. The molecule has 18 heavy (non-hydrogen) atoms. The van der Waals surface area contributed by atoms with Crippen molar-refractivity contribution in [3.05, 3.63) is 35.9 Å². The fraction of sp³-hybridized carbons (Fsp3) is 0.429. The topological polar surface area (TPSA) is 66.4 Å². The van der Waals surface area contributed by atoms with E-state index in [1.54, 1.807) is 0 Å². The van der Waals surface area contributed by atoms with Crippen molar-refractivity contribution in [1.82, 2.24) is 5.32 Å². The molecule has 1 amide bonds. The zero-order valence-electron chi connectivity index (χ0n) is 10.7. The minimum absolute atomic E-state index is 0.0703. The second-order valence-electron chi connectivity index (χ2n) is 4.47. The number of carboxylic acids is 1. The summed E-state index contributed by atoms with van der Waals surface area (Å²) in [7, 11) is 0. The van der Waals surface area contributed by atoms with E-state index in [1.807, 2.05) is 44.2 Å². The second-order valence-corrected chi connectivity index (χ2v) is 4.47. The lowest BCUT2D eigenvalue weighted by Crippen LogP contribution is -2.35. The van der Waals surface area contributed by atoms with Gasteiger partial charge in [-0.3, -0.25) is 9.59 Å². The smallest absolute Gasteiger partial charge is 0.303 e. The Labute approximate surface area is 107 Å². The Morgan fingerprint density at radius 2 is 1.83 bits per heavy atom. The zero-order chi connectivity index (χ0) is 13.5. The highest BCUT2D eigenvalue weighted by Gasteiger charge is 2.17. The van der Waals surface area contributed by atoms with Crippen molar-refractivity contribution in [2.75, 3.05) is 0 Å². The van der Waals surface area contributed by atoms with E-state index in [9.17, 15) is 9.59 Å². The minimum atomic E-state index is -0.841. The van der Waals surface area contributed by atoms with Crippen molar-refractivity contribution < 1.29 is 14.7 Å². The molecule has 98 valence electrons. The summed E-state index contributed by atoms with van der Waals surface area (Å²) in [5, 5.41) is 11.4. The molecule has 4 heteroatoms. The number of amides is 1. The number of aliphatic carboxylic acids is 1. The Morgan fingerprint density at radius 1 is 1.22 bits per heavy atom. The van der Waals surface area contributed by atoms with Crippen molar-refractivity contribution >= 4 is 11.9 Å². The van der Waals surface area contributed by atoms with Gasteiger partial charge in [-0.25, -0.2) is 0 Å². The van der Waals surface area contributed by atoms with Gasteiger partial charge in [0.05, 0.1) is 5.92 Å². The average molecular weight is 249 g/mol. The molecule has 2 N–H and O–H groups in total. The normalized spacial score (nSPS) is 13.7. The Balaban J connectivity index is 2.47. The third-order valence-electron chi connectivity index (χ3n) is 2.87. The van der Waals surface area contributed by atoms with Gasteiger partial charge in [-0.05, 0) is 25.8 Å². The van der Waals surface area contributed by atoms with Crippen LogP contribution in [0.2, 0.25) is 0 Å². The summed E-state index contributed by atoms with van der Waals surface area (Å²) in [5.74, 6) is -1.13. The van der Waals surface area contributed by atoms with Gasteiger partial charge >= 0.3 is 5.97 Å². The molecular formula is C14H19NO3. The van der Waals surface area contributed by atoms with Crippen LogP contribution in [0, 0.1) is 0 Å². The van der Waals surface area contributed by atoms with Gasteiger partial charge in [-0.15, -0.1) is 0 Å². The van der Waals surface area contributed by atoms with Crippen molar-refractivity contribution in [3.63, 3.8) is 0 Å². The molecular weight excluding hydrogens is 230 g/mol. The fourth-order valence-electron chi connectivity index (χ4n) is 1.67. The Kier molecular flexibility index (Phi) is 5.36. The molecule has 0 heterocycles. The number of hydrogen-bond acceptors (Lipinski definition) is 2. The molecule has 0 saturated carbocycles. The van der Waals surface area contributed by atoms with Crippen LogP contribution in [0.1, 0.15) is 38.2 Å². The number of benzene rings is 1. The van der Waals surface area contributed by atoms with Gasteiger partial charge in [0.15, 0.2) is 0 Å². The van der Waals surface area contributed by atoms with Crippen LogP contribution < -0.4 is 5.32 Å². The predicted molar refractivity (Wildman–Crippen MR) is 69.3 cm³/mol. The van der Waals surface area contributed by atoms with Crippen LogP contribution in [0.25, 0.3) is 0 Å². The predicted octanol–water partition coefficient (Wildman–Crippen LogP) is 2.16. The van der Waals surface area contributed by atoms with Crippen molar-refractivity contribution in [1.29, 1.82) is 0 Å². The molecule has 0 aliphatic heterocycles. The number of hydrogen-bond donors (Lipinski definition) is 2. The summed E-state index contributed by atoms with van der Waals surface area (Å²) in [4.78, 5) is 22.4. The summed E-state index contributed by atoms with van der Waals surface area (Å²) in [5.41, 5.74) is 0.959. The third kappa shape index (κ3) is 4.57. The van der Waals surface area contributed by atoms with Crippen LogP contribution >= 0.6 is 0 Å².